The van der Waals surface area contributed by atoms with E-state index in [2.05, 4.69) is 17.4 Å². The number of carbonyl (C=O) groups excluding carboxylic acids is 2. The molecule has 0 bridgehead atoms. The summed E-state index contributed by atoms with van der Waals surface area (Å²) in [4.78, 5) is 24.1. The van der Waals surface area contributed by atoms with E-state index < -0.39 is 5.41 Å². The maximum Gasteiger partial charge on any atom is 0.233 e. The number of carbonyl (C=O) groups is 2. The van der Waals surface area contributed by atoms with Crippen molar-refractivity contribution in [3.8, 4) is 0 Å². The van der Waals surface area contributed by atoms with Crippen molar-refractivity contribution in [2.45, 2.75) is 38.5 Å². The van der Waals surface area contributed by atoms with Crippen molar-refractivity contribution in [1.29, 1.82) is 0 Å². The zero-order valence-corrected chi connectivity index (χ0v) is 11.0. The van der Waals surface area contributed by atoms with E-state index in [0.29, 0.717) is 0 Å². The van der Waals surface area contributed by atoms with Crippen LogP contribution in [0.4, 0.5) is 0 Å². The summed E-state index contributed by atoms with van der Waals surface area (Å²) in [6, 6.07) is 10.2. The fraction of sp³-hybridized carbons (Fsp3) is 0.500. The highest BCUT2D eigenvalue weighted by atomic mass is 16.2. The van der Waals surface area contributed by atoms with E-state index in [4.69, 9.17) is 0 Å². The topological polar surface area (TPSA) is 46.2 Å². The van der Waals surface area contributed by atoms with Gasteiger partial charge < -0.3 is 0 Å². The van der Waals surface area contributed by atoms with Crippen molar-refractivity contribution in [2.24, 2.45) is 11.3 Å². The maximum absolute atomic E-state index is 12.2. The number of amides is 2. The minimum atomic E-state index is -0.425. The zero-order valence-electron chi connectivity index (χ0n) is 11.0. The lowest BCUT2D eigenvalue weighted by Gasteiger charge is -2.35. The van der Waals surface area contributed by atoms with Crippen LogP contribution >= 0.6 is 0 Å². The molecule has 2 amide bonds. The first kappa shape index (κ1) is 12.4. The van der Waals surface area contributed by atoms with E-state index in [1.54, 1.807) is 0 Å². The van der Waals surface area contributed by atoms with Crippen LogP contribution in [-0.4, -0.2) is 11.8 Å². The number of rotatable bonds is 3. The third-order valence-corrected chi connectivity index (χ3v) is 4.74. The molecule has 1 aromatic carbocycles. The van der Waals surface area contributed by atoms with Crippen molar-refractivity contribution in [3.63, 3.8) is 0 Å². The molecule has 1 aliphatic heterocycles. The fourth-order valence-electron chi connectivity index (χ4n) is 3.64. The van der Waals surface area contributed by atoms with Gasteiger partial charge in [-0.1, -0.05) is 43.2 Å². The van der Waals surface area contributed by atoms with E-state index in [-0.39, 0.29) is 17.7 Å². The van der Waals surface area contributed by atoms with Gasteiger partial charge in [0.05, 0.1) is 11.3 Å². The van der Waals surface area contributed by atoms with Gasteiger partial charge in [0.25, 0.3) is 0 Å². The summed E-state index contributed by atoms with van der Waals surface area (Å²) in [5, 5.41) is 2.56. The Morgan fingerprint density at radius 3 is 2.74 bits per heavy atom. The largest absolute Gasteiger partial charge is 0.296 e. The number of aryl methyl sites for hydroxylation is 1. The fourth-order valence-corrected chi connectivity index (χ4v) is 3.64. The average Bonchev–Trinajstić information content (AvgIpc) is 2.70. The number of hydrogen-bond donors (Lipinski definition) is 1. The number of benzene rings is 1. The smallest absolute Gasteiger partial charge is 0.233 e. The van der Waals surface area contributed by atoms with Crippen LogP contribution in [0.25, 0.3) is 0 Å². The molecule has 1 heterocycles. The summed E-state index contributed by atoms with van der Waals surface area (Å²) in [5.41, 5.74) is 0.818. The Morgan fingerprint density at radius 2 is 1.95 bits per heavy atom. The summed E-state index contributed by atoms with van der Waals surface area (Å²) < 4.78 is 0. The molecule has 1 aromatic rings. The van der Waals surface area contributed by atoms with Crippen LogP contribution in [0.1, 0.15) is 37.7 Å². The van der Waals surface area contributed by atoms with Crippen LogP contribution in [0.3, 0.4) is 0 Å². The Hall–Kier alpha value is -1.64. The molecular formula is C16H19NO2. The minimum Gasteiger partial charge on any atom is -0.296 e. The van der Waals surface area contributed by atoms with Crippen molar-refractivity contribution < 1.29 is 9.59 Å². The van der Waals surface area contributed by atoms with Gasteiger partial charge in [-0.15, -0.1) is 0 Å². The molecule has 0 aromatic heterocycles. The number of fused-ring (bicyclic) bond motifs is 1. The first-order valence-corrected chi connectivity index (χ1v) is 7.12. The second-order valence-corrected chi connectivity index (χ2v) is 5.76. The second kappa shape index (κ2) is 4.80. The van der Waals surface area contributed by atoms with Gasteiger partial charge in [0.1, 0.15) is 0 Å². The molecule has 100 valence electrons. The SMILES string of the molecule is O=C1NC(=O)[C@@]2(CCc3ccccc3)CCCC[C@H]12. The molecule has 3 rings (SSSR count). The summed E-state index contributed by atoms with van der Waals surface area (Å²) in [7, 11) is 0. The molecular weight excluding hydrogens is 238 g/mol. The normalized spacial score (nSPS) is 30.0. The molecule has 2 fully saturated rings. The molecule has 1 N–H and O–H groups in total. The molecule has 3 nitrogen and oxygen atoms in total. The lowest BCUT2D eigenvalue weighted by molar-refractivity contribution is -0.130. The Balaban J connectivity index is 1.80. The van der Waals surface area contributed by atoms with Crippen LogP contribution < -0.4 is 5.32 Å². The van der Waals surface area contributed by atoms with Gasteiger partial charge in [-0.25, -0.2) is 0 Å². The van der Waals surface area contributed by atoms with E-state index in [1.165, 1.54) is 5.56 Å². The molecule has 0 spiro atoms. The Bertz CT molecular complexity index is 497. The summed E-state index contributed by atoms with van der Waals surface area (Å²) >= 11 is 0. The van der Waals surface area contributed by atoms with Crippen molar-refractivity contribution in [2.75, 3.05) is 0 Å². The predicted molar refractivity (Wildman–Crippen MR) is 72.3 cm³/mol. The Morgan fingerprint density at radius 1 is 1.16 bits per heavy atom. The van der Waals surface area contributed by atoms with Crippen LogP contribution in [0, 0.1) is 11.3 Å². The third kappa shape index (κ3) is 2.07. The van der Waals surface area contributed by atoms with Crippen LogP contribution in [-0.2, 0) is 16.0 Å². The van der Waals surface area contributed by atoms with Crippen molar-refractivity contribution >= 4 is 11.8 Å². The van der Waals surface area contributed by atoms with Crippen molar-refractivity contribution in [3.05, 3.63) is 35.9 Å². The first-order valence-electron chi connectivity index (χ1n) is 7.12. The predicted octanol–water partition coefficient (Wildman–Crippen LogP) is 2.45. The first-order chi connectivity index (χ1) is 9.22. The van der Waals surface area contributed by atoms with Gasteiger partial charge in [-0.3, -0.25) is 14.9 Å². The monoisotopic (exact) mass is 257 g/mol. The van der Waals surface area contributed by atoms with Crippen LogP contribution in [0.15, 0.2) is 30.3 Å². The van der Waals surface area contributed by atoms with E-state index >= 15 is 0 Å². The molecule has 19 heavy (non-hydrogen) atoms. The molecule has 1 saturated carbocycles. The average molecular weight is 257 g/mol. The van der Waals surface area contributed by atoms with Crippen LogP contribution in [0.5, 0.6) is 0 Å². The quantitative estimate of drug-likeness (QED) is 0.845. The lowest BCUT2D eigenvalue weighted by atomic mass is 9.65. The van der Waals surface area contributed by atoms with E-state index in [9.17, 15) is 9.59 Å². The third-order valence-electron chi connectivity index (χ3n) is 4.74. The van der Waals surface area contributed by atoms with E-state index in [1.807, 2.05) is 18.2 Å². The Kier molecular flexibility index (Phi) is 3.13. The minimum absolute atomic E-state index is 0.0295. The van der Waals surface area contributed by atoms with Gasteiger partial charge in [-0.2, -0.15) is 0 Å². The summed E-state index contributed by atoms with van der Waals surface area (Å²) in [5.74, 6) is -0.159. The second-order valence-electron chi connectivity index (χ2n) is 5.76. The van der Waals surface area contributed by atoms with E-state index in [0.717, 1.165) is 38.5 Å². The molecule has 1 aliphatic carbocycles. The highest BCUT2D eigenvalue weighted by Crippen LogP contribution is 2.48. The number of nitrogens with one attached hydrogen (secondary N) is 1. The molecule has 1 saturated heterocycles. The molecule has 0 radical (unpaired) electrons. The van der Waals surface area contributed by atoms with Crippen molar-refractivity contribution in [1.82, 2.24) is 5.32 Å². The zero-order chi connectivity index (χ0) is 13.3. The summed E-state index contributed by atoms with van der Waals surface area (Å²) in [6.45, 7) is 0. The number of imide groups is 1. The molecule has 2 atom stereocenters. The summed E-state index contributed by atoms with van der Waals surface area (Å²) in [6.07, 6.45) is 5.52. The van der Waals surface area contributed by atoms with Gasteiger partial charge in [0, 0.05) is 0 Å². The maximum atomic E-state index is 12.2. The standard InChI is InChI=1S/C16H19NO2/c18-14-13-8-4-5-10-16(13,15(19)17-14)11-9-12-6-2-1-3-7-12/h1-3,6-7,13H,4-5,8-11H2,(H,17,18,19)/t13-,16-/m1/s1. The van der Waals surface area contributed by atoms with Gasteiger partial charge in [0.15, 0.2) is 0 Å². The lowest BCUT2D eigenvalue weighted by Crippen LogP contribution is -2.38. The molecule has 3 heteroatoms. The molecule has 0 unspecified atom stereocenters. The highest BCUT2D eigenvalue weighted by molar-refractivity contribution is 6.07. The highest BCUT2D eigenvalue weighted by Gasteiger charge is 2.55. The van der Waals surface area contributed by atoms with Crippen LogP contribution in [0.2, 0.25) is 0 Å². The molecule has 2 aliphatic rings. The van der Waals surface area contributed by atoms with Gasteiger partial charge >= 0.3 is 0 Å². The van der Waals surface area contributed by atoms with Gasteiger partial charge in [0.2, 0.25) is 11.8 Å². The number of hydrogen-bond acceptors (Lipinski definition) is 2. The van der Waals surface area contributed by atoms with Gasteiger partial charge in [-0.05, 0) is 31.2 Å². The Labute approximate surface area is 113 Å².